The van der Waals surface area contributed by atoms with Crippen molar-refractivity contribution in [3.05, 3.63) is 78.4 Å². The minimum atomic E-state index is -4.77. The van der Waals surface area contributed by atoms with Gasteiger partial charge in [-0.1, -0.05) is 69.5 Å². The summed E-state index contributed by atoms with van der Waals surface area (Å²) in [6, 6.07) is 9.69. The number of primary sulfonamides is 1. The number of Topliss-reactive ketones (excluding diaryl/α,β-unsaturated/α-hetero) is 1. The molecule has 2 aromatic carbocycles. The summed E-state index contributed by atoms with van der Waals surface area (Å²) < 4.78 is 76.9. The van der Waals surface area contributed by atoms with Gasteiger partial charge in [-0.15, -0.1) is 10.2 Å². The molecule has 0 bridgehead atoms. The number of aromatic nitrogens is 2. The number of halogens is 3. The molecule has 0 radical (unpaired) electrons. The van der Waals surface area contributed by atoms with Gasteiger partial charge in [0.15, 0.2) is 5.76 Å². The highest BCUT2D eigenvalue weighted by molar-refractivity contribution is 7.89. The van der Waals surface area contributed by atoms with Crippen LogP contribution in [-0.2, 0) is 14.8 Å². The fraction of sp³-hybridized carbons (Fsp3) is 0.355. The summed E-state index contributed by atoms with van der Waals surface area (Å²) in [5, 5.41) is 17.8. The van der Waals surface area contributed by atoms with Gasteiger partial charge in [0, 0.05) is 0 Å². The first kappa shape index (κ1) is 34.5. The Bertz CT molecular complexity index is 1710. The van der Waals surface area contributed by atoms with Crippen LogP contribution in [0.15, 0.2) is 80.7 Å². The molecule has 0 aliphatic carbocycles. The van der Waals surface area contributed by atoms with E-state index in [1.165, 1.54) is 54.8 Å². The summed E-state index contributed by atoms with van der Waals surface area (Å²) in [7, 11) is -3.90. The predicted octanol–water partition coefficient (Wildman–Crippen LogP) is 5.56. The zero-order chi connectivity index (χ0) is 33.5. The maximum atomic E-state index is 14.4. The molecule has 0 aliphatic heterocycles. The molecule has 0 saturated heterocycles. The average molecular weight is 662 g/mol. The van der Waals surface area contributed by atoms with Gasteiger partial charge in [-0.3, -0.25) is 14.9 Å². The second kappa shape index (κ2) is 14.8. The second-order valence-electron chi connectivity index (χ2n) is 10.6. The van der Waals surface area contributed by atoms with E-state index >= 15 is 0 Å². The van der Waals surface area contributed by atoms with Crippen molar-refractivity contribution in [2.75, 3.05) is 0 Å². The molecule has 15 heteroatoms. The van der Waals surface area contributed by atoms with Crippen LogP contribution >= 0.6 is 0 Å². The molecule has 4 N–H and O–H groups in total. The van der Waals surface area contributed by atoms with Gasteiger partial charge in [-0.05, 0) is 53.8 Å². The van der Waals surface area contributed by atoms with Gasteiger partial charge in [-0.2, -0.15) is 13.2 Å². The van der Waals surface area contributed by atoms with Crippen molar-refractivity contribution in [2.45, 2.75) is 75.1 Å². The van der Waals surface area contributed by atoms with E-state index in [1.807, 2.05) is 6.92 Å². The van der Waals surface area contributed by atoms with Crippen LogP contribution < -0.4 is 15.8 Å². The van der Waals surface area contributed by atoms with Crippen molar-refractivity contribution in [3.63, 3.8) is 0 Å². The van der Waals surface area contributed by atoms with E-state index in [0.29, 0.717) is 30.4 Å². The molecule has 0 aliphatic rings. The lowest BCUT2D eigenvalue weighted by molar-refractivity contribution is -0.161. The van der Waals surface area contributed by atoms with Crippen LogP contribution in [0.1, 0.15) is 68.2 Å². The number of carbonyl (C=O) groups is 2. The van der Waals surface area contributed by atoms with Crippen LogP contribution in [0.25, 0.3) is 22.8 Å². The Morgan fingerprint density at radius 2 is 1.57 bits per heavy atom. The van der Waals surface area contributed by atoms with Crippen LogP contribution in [0.5, 0.6) is 0 Å². The zero-order valence-corrected chi connectivity index (χ0v) is 25.9. The van der Waals surface area contributed by atoms with Crippen LogP contribution in [0.3, 0.4) is 0 Å². The third kappa shape index (κ3) is 8.68. The maximum absolute atomic E-state index is 14.4. The summed E-state index contributed by atoms with van der Waals surface area (Å²) in [6.45, 7) is 3.63. The summed E-state index contributed by atoms with van der Waals surface area (Å²) in [6.07, 6.45) is -1.48. The van der Waals surface area contributed by atoms with E-state index < -0.39 is 46.0 Å². The molecule has 1 amide bonds. The van der Waals surface area contributed by atoms with E-state index in [0.717, 1.165) is 0 Å². The molecular weight excluding hydrogens is 627 g/mol. The molecule has 3 atom stereocenters. The fourth-order valence-electron chi connectivity index (χ4n) is 4.79. The van der Waals surface area contributed by atoms with Gasteiger partial charge >= 0.3 is 6.18 Å². The Balaban J connectivity index is 1.53. The summed E-state index contributed by atoms with van der Waals surface area (Å²) in [5.74, 6) is -1.58. The average Bonchev–Trinajstić information content (AvgIpc) is 3.73. The highest BCUT2D eigenvalue weighted by Crippen LogP contribution is 2.34. The van der Waals surface area contributed by atoms with Gasteiger partial charge in [0.1, 0.15) is 6.04 Å². The lowest BCUT2D eigenvalue weighted by Gasteiger charge is -2.28. The van der Waals surface area contributed by atoms with Crippen LogP contribution in [-0.4, -0.2) is 48.6 Å². The number of benzene rings is 2. The largest absolute Gasteiger partial charge is 0.459 e. The lowest BCUT2D eigenvalue weighted by Crippen LogP contribution is -2.52. The first-order chi connectivity index (χ1) is 21.8. The summed E-state index contributed by atoms with van der Waals surface area (Å²) >= 11 is 0. The van der Waals surface area contributed by atoms with Crippen LogP contribution in [0, 0.1) is 0 Å². The molecule has 0 unspecified atom stereocenters. The smallest absolute Gasteiger partial charge is 0.407 e. The number of rotatable bonds is 15. The molecule has 2 aromatic heterocycles. The third-order valence-corrected chi connectivity index (χ3v) is 8.13. The number of nitrogens with two attached hydrogens (primary N) is 1. The van der Waals surface area contributed by atoms with Crippen molar-refractivity contribution in [1.82, 2.24) is 20.8 Å². The zero-order valence-electron chi connectivity index (χ0n) is 25.1. The Kier molecular flexibility index (Phi) is 11.1. The van der Waals surface area contributed by atoms with Crippen LogP contribution in [0.2, 0.25) is 0 Å². The van der Waals surface area contributed by atoms with Crippen molar-refractivity contribution in [3.8, 4) is 22.8 Å². The number of carbonyl (C=O) groups excluding carboxylic acids is 2. The minimum absolute atomic E-state index is 0.0287. The summed E-state index contributed by atoms with van der Waals surface area (Å²) in [5.41, 5.74) is 0.974. The number of hydrogen-bond acceptors (Lipinski definition) is 9. The third-order valence-electron chi connectivity index (χ3n) is 7.20. The molecule has 4 rings (SSSR count). The van der Waals surface area contributed by atoms with Crippen molar-refractivity contribution in [2.24, 2.45) is 5.14 Å². The number of furan rings is 1. The van der Waals surface area contributed by atoms with E-state index in [2.05, 4.69) is 20.8 Å². The SMILES string of the molecule is CCCC[C@H](NC(=O)[C@H](CCC)N[C@@H](c1ccc(-c2ccc(S(N)(=O)=O)cc2)cc1)C(F)(F)F)C(=O)c1nnc(-c2ccco2)o1. The number of nitrogens with zero attached hydrogens (tertiary/aromatic N) is 2. The molecule has 11 nitrogen and oxygen atoms in total. The van der Waals surface area contributed by atoms with E-state index in [4.69, 9.17) is 14.0 Å². The quantitative estimate of drug-likeness (QED) is 0.138. The monoisotopic (exact) mass is 661 g/mol. The first-order valence-corrected chi connectivity index (χ1v) is 16.1. The Morgan fingerprint density at radius 1 is 0.913 bits per heavy atom. The molecular formula is C31H34F3N5O6S. The van der Waals surface area contributed by atoms with Crippen molar-refractivity contribution >= 4 is 21.7 Å². The molecule has 46 heavy (non-hydrogen) atoms. The number of unbranched alkanes of at least 4 members (excludes halogenated alkanes) is 1. The maximum Gasteiger partial charge on any atom is 0.407 e. The predicted molar refractivity (Wildman–Crippen MR) is 162 cm³/mol. The molecule has 0 spiro atoms. The standard InChI is InChI=1S/C31H34F3N5O6S/c1-3-5-8-23(26(40)30-39-38-29(45-30)25-9-6-18-44-25)37-28(41)24(7-4-2)36-27(31(32,33)34)21-12-10-19(11-13-21)20-14-16-22(17-15-20)46(35,42)43/h6,9-18,23-24,27,36H,3-5,7-8H2,1-2H3,(H,37,41)(H2,35,42,43)/t23-,24-,27-/m0/s1. The molecule has 4 aromatic rings. The number of amides is 1. The van der Waals surface area contributed by atoms with Crippen molar-refractivity contribution < 1.29 is 40.0 Å². The fourth-order valence-corrected chi connectivity index (χ4v) is 5.30. The lowest BCUT2D eigenvalue weighted by atomic mass is 9.99. The van der Waals surface area contributed by atoms with Gasteiger partial charge < -0.3 is 14.2 Å². The van der Waals surface area contributed by atoms with Gasteiger partial charge in [-0.25, -0.2) is 13.6 Å². The molecule has 2 heterocycles. The number of hydrogen-bond donors (Lipinski definition) is 3. The van der Waals surface area contributed by atoms with Gasteiger partial charge in [0.05, 0.1) is 23.2 Å². The molecule has 0 saturated carbocycles. The Labute approximate surface area is 263 Å². The number of sulfonamides is 1. The molecule has 246 valence electrons. The van der Waals surface area contributed by atoms with E-state index in [1.54, 1.807) is 19.1 Å². The molecule has 0 fully saturated rings. The van der Waals surface area contributed by atoms with E-state index in [-0.39, 0.29) is 40.8 Å². The highest BCUT2D eigenvalue weighted by atomic mass is 32.2. The minimum Gasteiger partial charge on any atom is -0.459 e. The van der Waals surface area contributed by atoms with Crippen LogP contribution in [0.4, 0.5) is 13.2 Å². The summed E-state index contributed by atoms with van der Waals surface area (Å²) in [4.78, 5) is 26.6. The Hall–Kier alpha value is -4.34. The van der Waals surface area contributed by atoms with Gasteiger partial charge in [0.2, 0.25) is 21.7 Å². The first-order valence-electron chi connectivity index (χ1n) is 14.6. The highest BCUT2D eigenvalue weighted by Gasteiger charge is 2.43. The van der Waals surface area contributed by atoms with Gasteiger partial charge in [0.25, 0.3) is 11.8 Å². The normalized spacial score (nSPS) is 14.0. The Morgan fingerprint density at radius 3 is 2.11 bits per heavy atom. The number of alkyl halides is 3. The number of nitrogens with one attached hydrogen (secondary N) is 2. The van der Waals surface area contributed by atoms with E-state index in [9.17, 15) is 31.2 Å². The topological polar surface area (TPSA) is 170 Å². The number of ketones is 1. The second-order valence-corrected chi connectivity index (χ2v) is 12.2. The van der Waals surface area contributed by atoms with Crippen molar-refractivity contribution in [1.29, 1.82) is 0 Å².